The first-order chi connectivity index (χ1) is 5.43. The highest BCUT2D eigenvalue weighted by Crippen LogP contribution is 2.04. The molecule has 0 aromatic carbocycles. The van der Waals surface area contributed by atoms with E-state index in [2.05, 4.69) is 32.6 Å². The molecule has 74 valence electrons. The van der Waals surface area contributed by atoms with Gasteiger partial charge in [-0.2, -0.15) is 0 Å². The lowest BCUT2D eigenvalue weighted by atomic mass is 10.1. The Morgan fingerprint density at radius 2 is 1.50 bits per heavy atom. The van der Waals surface area contributed by atoms with Crippen molar-refractivity contribution >= 4 is 0 Å². The van der Waals surface area contributed by atoms with E-state index < -0.39 is 0 Å². The molecule has 0 spiro atoms. The maximum atomic E-state index is 9.24. The van der Waals surface area contributed by atoms with Crippen LogP contribution in [0.4, 0.5) is 0 Å². The van der Waals surface area contributed by atoms with Crippen molar-refractivity contribution in [3.63, 3.8) is 0 Å². The van der Waals surface area contributed by atoms with Crippen LogP contribution >= 0.6 is 0 Å². The molecule has 0 fully saturated rings. The first-order valence-electron chi connectivity index (χ1n) is 4.85. The van der Waals surface area contributed by atoms with Crippen LogP contribution in [-0.2, 0) is 0 Å². The SMILES string of the molecule is CC(C)CN(C[C@H](C)O)C(C)C. The standard InChI is InChI=1S/C10H23NO/c1-8(2)6-11(9(3)4)7-10(5)12/h8-10,12H,6-7H2,1-5H3/t10-/m0/s1. The molecule has 0 aromatic rings. The fourth-order valence-electron chi connectivity index (χ4n) is 1.30. The molecule has 0 aliphatic carbocycles. The van der Waals surface area contributed by atoms with Gasteiger partial charge < -0.3 is 5.11 Å². The Kier molecular flexibility index (Phi) is 5.51. The van der Waals surface area contributed by atoms with E-state index in [1.165, 1.54) is 0 Å². The van der Waals surface area contributed by atoms with Gasteiger partial charge in [0, 0.05) is 19.1 Å². The summed E-state index contributed by atoms with van der Waals surface area (Å²) in [5.41, 5.74) is 0. The highest BCUT2D eigenvalue weighted by Gasteiger charge is 2.12. The third-order valence-electron chi connectivity index (χ3n) is 1.83. The molecule has 2 nitrogen and oxygen atoms in total. The van der Waals surface area contributed by atoms with E-state index in [0.29, 0.717) is 12.0 Å². The van der Waals surface area contributed by atoms with Crippen LogP contribution in [0, 0.1) is 5.92 Å². The van der Waals surface area contributed by atoms with E-state index in [0.717, 1.165) is 13.1 Å². The molecule has 1 N–H and O–H groups in total. The Morgan fingerprint density at radius 3 is 1.75 bits per heavy atom. The van der Waals surface area contributed by atoms with Gasteiger partial charge in [-0.05, 0) is 26.7 Å². The summed E-state index contributed by atoms with van der Waals surface area (Å²) in [6.45, 7) is 12.5. The summed E-state index contributed by atoms with van der Waals surface area (Å²) in [6, 6.07) is 0.530. The fourth-order valence-corrected chi connectivity index (χ4v) is 1.30. The third kappa shape index (κ3) is 5.56. The summed E-state index contributed by atoms with van der Waals surface area (Å²) in [5.74, 6) is 0.672. The second-order valence-electron chi connectivity index (χ2n) is 4.29. The lowest BCUT2D eigenvalue weighted by Gasteiger charge is -2.29. The van der Waals surface area contributed by atoms with Crippen molar-refractivity contribution in [3.05, 3.63) is 0 Å². The molecule has 0 aliphatic rings. The molecule has 0 heterocycles. The van der Waals surface area contributed by atoms with Gasteiger partial charge in [-0.1, -0.05) is 13.8 Å². The first kappa shape index (κ1) is 11.9. The smallest absolute Gasteiger partial charge is 0.0639 e. The Bertz CT molecular complexity index is 100. The summed E-state index contributed by atoms with van der Waals surface area (Å²) < 4.78 is 0. The van der Waals surface area contributed by atoms with Crippen molar-refractivity contribution in [2.24, 2.45) is 5.92 Å². The van der Waals surface area contributed by atoms with Crippen molar-refractivity contribution in [1.82, 2.24) is 4.90 Å². The Labute approximate surface area is 76.6 Å². The van der Waals surface area contributed by atoms with Gasteiger partial charge in [-0.25, -0.2) is 0 Å². The second kappa shape index (κ2) is 5.55. The first-order valence-corrected chi connectivity index (χ1v) is 4.85. The van der Waals surface area contributed by atoms with Crippen LogP contribution in [-0.4, -0.2) is 35.2 Å². The summed E-state index contributed by atoms with van der Waals surface area (Å²) >= 11 is 0. The van der Waals surface area contributed by atoms with Crippen LogP contribution in [0.2, 0.25) is 0 Å². The van der Waals surface area contributed by atoms with Crippen LogP contribution < -0.4 is 0 Å². The van der Waals surface area contributed by atoms with E-state index in [9.17, 15) is 5.11 Å². The fraction of sp³-hybridized carbons (Fsp3) is 1.00. The highest BCUT2D eigenvalue weighted by atomic mass is 16.3. The zero-order chi connectivity index (χ0) is 9.72. The number of rotatable bonds is 5. The molecular formula is C10H23NO. The molecule has 0 radical (unpaired) electrons. The molecule has 12 heavy (non-hydrogen) atoms. The summed E-state index contributed by atoms with van der Waals surface area (Å²) in [4.78, 5) is 2.31. The van der Waals surface area contributed by atoms with Gasteiger partial charge in [0.1, 0.15) is 0 Å². The topological polar surface area (TPSA) is 23.5 Å². The molecule has 0 rings (SSSR count). The van der Waals surface area contributed by atoms with E-state index in [-0.39, 0.29) is 6.10 Å². The van der Waals surface area contributed by atoms with E-state index in [4.69, 9.17) is 0 Å². The Balaban J connectivity index is 3.87. The van der Waals surface area contributed by atoms with E-state index >= 15 is 0 Å². The van der Waals surface area contributed by atoms with Crippen LogP contribution in [0.15, 0.2) is 0 Å². The van der Waals surface area contributed by atoms with Crippen molar-refractivity contribution in [1.29, 1.82) is 0 Å². The normalized spacial score (nSPS) is 14.8. The zero-order valence-corrected chi connectivity index (χ0v) is 9.04. The minimum atomic E-state index is -0.217. The quantitative estimate of drug-likeness (QED) is 0.684. The molecule has 1 atom stereocenters. The maximum absolute atomic E-state index is 9.24. The highest BCUT2D eigenvalue weighted by molar-refractivity contribution is 4.66. The van der Waals surface area contributed by atoms with E-state index in [1.807, 2.05) is 6.92 Å². The van der Waals surface area contributed by atoms with Crippen molar-refractivity contribution < 1.29 is 5.11 Å². The van der Waals surface area contributed by atoms with Gasteiger partial charge in [-0.3, -0.25) is 4.90 Å². The van der Waals surface area contributed by atoms with Gasteiger partial charge in [0.2, 0.25) is 0 Å². The Morgan fingerprint density at radius 1 is 1.00 bits per heavy atom. The van der Waals surface area contributed by atoms with Gasteiger partial charge in [0.15, 0.2) is 0 Å². The van der Waals surface area contributed by atoms with Gasteiger partial charge >= 0.3 is 0 Å². The van der Waals surface area contributed by atoms with Gasteiger partial charge in [-0.15, -0.1) is 0 Å². The lowest BCUT2D eigenvalue weighted by molar-refractivity contribution is 0.0991. The van der Waals surface area contributed by atoms with Gasteiger partial charge in [0.25, 0.3) is 0 Å². The van der Waals surface area contributed by atoms with Crippen molar-refractivity contribution in [3.8, 4) is 0 Å². The van der Waals surface area contributed by atoms with Crippen LogP contribution in [0.5, 0.6) is 0 Å². The zero-order valence-electron chi connectivity index (χ0n) is 9.04. The monoisotopic (exact) mass is 173 g/mol. The van der Waals surface area contributed by atoms with Crippen molar-refractivity contribution in [2.45, 2.75) is 46.8 Å². The van der Waals surface area contributed by atoms with Crippen molar-refractivity contribution in [2.75, 3.05) is 13.1 Å². The molecule has 0 aliphatic heterocycles. The largest absolute Gasteiger partial charge is 0.392 e. The number of nitrogens with zero attached hydrogens (tertiary/aromatic N) is 1. The summed E-state index contributed by atoms with van der Waals surface area (Å²) in [7, 11) is 0. The number of hydrogen-bond donors (Lipinski definition) is 1. The molecule has 0 saturated carbocycles. The molecule has 0 bridgehead atoms. The van der Waals surface area contributed by atoms with Gasteiger partial charge in [0.05, 0.1) is 6.10 Å². The minimum absolute atomic E-state index is 0.217. The lowest BCUT2D eigenvalue weighted by Crippen LogP contribution is -2.38. The molecule has 0 aromatic heterocycles. The summed E-state index contributed by atoms with van der Waals surface area (Å²) in [5, 5.41) is 9.24. The number of aliphatic hydroxyl groups excluding tert-OH is 1. The van der Waals surface area contributed by atoms with Crippen LogP contribution in [0.25, 0.3) is 0 Å². The number of aliphatic hydroxyl groups is 1. The molecule has 0 unspecified atom stereocenters. The average Bonchev–Trinajstić information content (AvgIpc) is 1.83. The predicted octanol–water partition coefficient (Wildman–Crippen LogP) is 1.73. The molecular weight excluding hydrogens is 150 g/mol. The Hall–Kier alpha value is -0.0800. The minimum Gasteiger partial charge on any atom is -0.392 e. The number of hydrogen-bond acceptors (Lipinski definition) is 2. The van der Waals surface area contributed by atoms with Crippen LogP contribution in [0.1, 0.15) is 34.6 Å². The summed E-state index contributed by atoms with van der Waals surface area (Å²) in [6.07, 6.45) is -0.217. The molecule has 0 amide bonds. The predicted molar refractivity (Wildman–Crippen MR) is 53.2 cm³/mol. The molecule has 2 heteroatoms. The average molecular weight is 173 g/mol. The van der Waals surface area contributed by atoms with E-state index in [1.54, 1.807) is 0 Å². The molecule has 0 saturated heterocycles. The van der Waals surface area contributed by atoms with Crippen LogP contribution in [0.3, 0.4) is 0 Å². The second-order valence-corrected chi connectivity index (χ2v) is 4.29. The third-order valence-corrected chi connectivity index (χ3v) is 1.83. The maximum Gasteiger partial charge on any atom is 0.0639 e.